The quantitative estimate of drug-likeness (QED) is 0.543. The standard InChI is InChI=1S/C24H27NO3/c1-6-27-23(26)21-12-16(2)19-13-18(28-15-17-10-8-7-9-11-17)14-20(22(19)25-21)24(3,4)5/h7-14H,6,15H2,1-5H3. The zero-order valence-corrected chi connectivity index (χ0v) is 17.2. The molecule has 4 heteroatoms. The van der Waals surface area contributed by atoms with Gasteiger partial charge < -0.3 is 9.47 Å². The molecular weight excluding hydrogens is 350 g/mol. The van der Waals surface area contributed by atoms with Gasteiger partial charge in [-0.2, -0.15) is 0 Å². The normalized spacial score (nSPS) is 11.5. The van der Waals surface area contributed by atoms with E-state index in [0.29, 0.717) is 18.9 Å². The van der Waals surface area contributed by atoms with Gasteiger partial charge in [0.05, 0.1) is 12.1 Å². The summed E-state index contributed by atoms with van der Waals surface area (Å²) in [4.78, 5) is 16.9. The maximum Gasteiger partial charge on any atom is 0.356 e. The first kappa shape index (κ1) is 19.9. The van der Waals surface area contributed by atoms with Crippen LogP contribution in [0, 0.1) is 6.92 Å². The van der Waals surface area contributed by atoms with Gasteiger partial charge in [-0.05, 0) is 54.2 Å². The van der Waals surface area contributed by atoms with Gasteiger partial charge in [-0.1, -0.05) is 51.1 Å². The van der Waals surface area contributed by atoms with Gasteiger partial charge >= 0.3 is 5.97 Å². The van der Waals surface area contributed by atoms with Crippen molar-refractivity contribution in [3.63, 3.8) is 0 Å². The van der Waals surface area contributed by atoms with Crippen molar-refractivity contribution in [1.29, 1.82) is 0 Å². The van der Waals surface area contributed by atoms with E-state index in [1.807, 2.05) is 49.4 Å². The van der Waals surface area contributed by atoms with Crippen LogP contribution in [0.1, 0.15) is 54.9 Å². The third kappa shape index (κ3) is 4.33. The Kier molecular flexibility index (Phi) is 5.68. The van der Waals surface area contributed by atoms with E-state index in [2.05, 4.69) is 25.8 Å². The van der Waals surface area contributed by atoms with Gasteiger partial charge in [-0.3, -0.25) is 0 Å². The molecule has 28 heavy (non-hydrogen) atoms. The highest BCUT2D eigenvalue weighted by Crippen LogP contribution is 2.35. The van der Waals surface area contributed by atoms with E-state index in [-0.39, 0.29) is 5.41 Å². The van der Waals surface area contributed by atoms with Crippen molar-refractivity contribution in [2.24, 2.45) is 0 Å². The second kappa shape index (κ2) is 8.01. The second-order valence-electron chi connectivity index (χ2n) is 7.94. The number of esters is 1. The molecule has 0 radical (unpaired) electrons. The fourth-order valence-electron chi connectivity index (χ4n) is 3.17. The Morgan fingerprint density at radius 2 is 1.79 bits per heavy atom. The van der Waals surface area contributed by atoms with E-state index in [9.17, 15) is 4.79 Å². The number of rotatable bonds is 5. The van der Waals surface area contributed by atoms with E-state index in [4.69, 9.17) is 9.47 Å². The zero-order chi connectivity index (χ0) is 20.3. The molecule has 0 unspecified atom stereocenters. The second-order valence-corrected chi connectivity index (χ2v) is 7.94. The molecule has 3 aromatic rings. The minimum Gasteiger partial charge on any atom is -0.489 e. The summed E-state index contributed by atoms with van der Waals surface area (Å²) in [6.07, 6.45) is 0. The smallest absolute Gasteiger partial charge is 0.356 e. The van der Waals surface area contributed by atoms with Crippen LogP contribution < -0.4 is 4.74 Å². The average Bonchev–Trinajstić information content (AvgIpc) is 2.66. The number of carbonyl (C=O) groups is 1. The largest absolute Gasteiger partial charge is 0.489 e. The molecule has 0 aliphatic carbocycles. The third-order valence-electron chi connectivity index (χ3n) is 4.63. The molecular formula is C24H27NO3. The summed E-state index contributed by atoms with van der Waals surface area (Å²) in [7, 11) is 0. The summed E-state index contributed by atoms with van der Waals surface area (Å²) in [5, 5.41) is 0.989. The highest BCUT2D eigenvalue weighted by molar-refractivity contribution is 5.94. The lowest BCUT2D eigenvalue weighted by Crippen LogP contribution is -2.15. The molecule has 0 aliphatic rings. The number of aryl methyl sites for hydroxylation is 1. The zero-order valence-electron chi connectivity index (χ0n) is 17.2. The van der Waals surface area contributed by atoms with Crippen molar-refractivity contribution in [2.75, 3.05) is 6.61 Å². The molecule has 1 aromatic heterocycles. The van der Waals surface area contributed by atoms with Gasteiger partial charge in [0, 0.05) is 5.39 Å². The summed E-state index contributed by atoms with van der Waals surface area (Å²) in [5.41, 5.74) is 4.15. The highest BCUT2D eigenvalue weighted by Gasteiger charge is 2.22. The monoisotopic (exact) mass is 377 g/mol. The maximum atomic E-state index is 12.2. The van der Waals surface area contributed by atoms with Gasteiger partial charge in [0.2, 0.25) is 0 Å². The van der Waals surface area contributed by atoms with Crippen LogP contribution in [-0.2, 0) is 16.8 Å². The number of aromatic nitrogens is 1. The van der Waals surface area contributed by atoms with Crippen molar-refractivity contribution in [1.82, 2.24) is 4.98 Å². The van der Waals surface area contributed by atoms with Crippen molar-refractivity contribution < 1.29 is 14.3 Å². The Hall–Kier alpha value is -2.88. The van der Waals surface area contributed by atoms with Crippen molar-refractivity contribution >= 4 is 16.9 Å². The average molecular weight is 377 g/mol. The van der Waals surface area contributed by atoms with Gasteiger partial charge in [-0.25, -0.2) is 9.78 Å². The molecule has 3 rings (SSSR count). The number of nitrogens with zero attached hydrogens (tertiary/aromatic N) is 1. The van der Waals surface area contributed by atoms with Gasteiger partial charge in [-0.15, -0.1) is 0 Å². The van der Waals surface area contributed by atoms with Crippen LogP contribution in [0.15, 0.2) is 48.5 Å². The maximum absolute atomic E-state index is 12.2. The van der Waals surface area contributed by atoms with Crippen LogP contribution in [0.2, 0.25) is 0 Å². The lowest BCUT2D eigenvalue weighted by atomic mass is 9.84. The molecule has 1 heterocycles. The first-order valence-electron chi connectivity index (χ1n) is 9.59. The fourth-order valence-corrected chi connectivity index (χ4v) is 3.17. The van der Waals surface area contributed by atoms with Crippen molar-refractivity contribution in [3.05, 3.63) is 70.9 Å². The molecule has 0 amide bonds. The minimum atomic E-state index is -0.392. The molecule has 0 bridgehead atoms. The predicted molar refractivity (Wildman–Crippen MR) is 112 cm³/mol. The SMILES string of the molecule is CCOC(=O)c1cc(C)c2cc(OCc3ccccc3)cc(C(C)(C)C)c2n1. The number of fused-ring (bicyclic) bond motifs is 1. The third-order valence-corrected chi connectivity index (χ3v) is 4.63. The molecule has 0 saturated carbocycles. The van der Waals surface area contributed by atoms with Crippen LogP contribution >= 0.6 is 0 Å². The number of carbonyl (C=O) groups excluding carboxylic acids is 1. The van der Waals surface area contributed by atoms with Crippen LogP contribution in [-0.4, -0.2) is 17.6 Å². The van der Waals surface area contributed by atoms with E-state index < -0.39 is 5.97 Å². The molecule has 0 aliphatic heterocycles. The minimum absolute atomic E-state index is 0.156. The Morgan fingerprint density at radius 3 is 2.43 bits per heavy atom. The molecule has 0 atom stereocenters. The summed E-state index contributed by atoms with van der Waals surface area (Å²) in [5.74, 6) is 0.409. The number of ether oxygens (including phenoxy) is 2. The Balaban J connectivity index is 2.07. The lowest BCUT2D eigenvalue weighted by molar-refractivity contribution is 0.0520. The fraction of sp³-hybridized carbons (Fsp3) is 0.333. The van der Waals surface area contributed by atoms with Crippen LogP contribution in [0.25, 0.3) is 10.9 Å². The Bertz CT molecular complexity index is 988. The molecule has 146 valence electrons. The molecule has 0 spiro atoms. The number of hydrogen-bond donors (Lipinski definition) is 0. The molecule has 4 nitrogen and oxygen atoms in total. The molecule has 2 aromatic carbocycles. The number of pyridine rings is 1. The number of benzene rings is 2. The van der Waals surface area contributed by atoms with E-state index >= 15 is 0 Å². The summed E-state index contributed by atoms with van der Waals surface area (Å²) in [6, 6.07) is 15.9. The van der Waals surface area contributed by atoms with Crippen molar-refractivity contribution in [2.45, 2.75) is 46.6 Å². The molecule has 0 N–H and O–H groups in total. The number of hydrogen-bond acceptors (Lipinski definition) is 4. The van der Waals surface area contributed by atoms with E-state index in [1.54, 1.807) is 13.0 Å². The van der Waals surface area contributed by atoms with Crippen LogP contribution in [0.5, 0.6) is 5.75 Å². The topological polar surface area (TPSA) is 48.4 Å². The van der Waals surface area contributed by atoms with Gasteiger partial charge in [0.1, 0.15) is 18.1 Å². The summed E-state index contributed by atoms with van der Waals surface area (Å²) in [6.45, 7) is 11.0. The first-order chi connectivity index (χ1) is 13.3. The van der Waals surface area contributed by atoms with Crippen LogP contribution in [0.4, 0.5) is 0 Å². The lowest BCUT2D eigenvalue weighted by Gasteiger charge is -2.23. The van der Waals surface area contributed by atoms with Gasteiger partial charge in [0.25, 0.3) is 0 Å². The summed E-state index contributed by atoms with van der Waals surface area (Å²) >= 11 is 0. The van der Waals surface area contributed by atoms with E-state index in [0.717, 1.165) is 33.3 Å². The van der Waals surface area contributed by atoms with E-state index in [1.165, 1.54) is 0 Å². The van der Waals surface area contributed by atoms with Gasteiger partial charge in [0.15, 0.2) is 0 Å². The van der Waals surface area contributed by atoms with Crippen molar-refractivity contribution in [3.8, 4) is 5.75 Å². The van der Waals surface area contributed by atoms with Crippen LogP contribution in [0.3, 0.4) is 0 Å². The summed E-state index contributed by atoms with van der Waals surface area (Å²) < 4.78 is 11.2. The molecule has 0 saturated heterocycles. The first-order valence-corrected chi connectivity index (χ1v) is 9.59. The Morgan fingerprint density at radius 1 is 1.07 bits per heavy atom. The molecule has 0 fully saturated rings. The highest BCUT2D eigenvalue weighted by atomic mass is 16.5. The Labute approximate surface area is 166 Å². The predicted octanol–water partition coefficient (Wildman–Crippen LogP) is 5.60.